The summed E-state index contributed by atoms with van der Waals surface area (Å²) >= 11 is 7.38. The van der Waals surface area contributed by atoms with Gasteiger partial charge in [0, 0.05) is 22.6 Å². The zero-order valence-electron chi connectivity index (χ0n) is 17.9. The number of amides is 1. The highest BCUT2D eigenvalue weighted by atomic mass is 35.5. The van der Waals surface area contributed by atoms with Crippen molar-refractivity contribution in [2.24, 2.45) is 0 Å². The van der Waals surface area contributed by atoms with Crippen LogP contribution in [0.5, 0.6) is 5.88 Å². The van der Waals surface area contributed by atoms with Gasteiger partial charge in [0.25, 0.3) is 0 Å². The van der Waals surface area contributed by atoms with E-state index in [0.29, 0.717) is 44.5 Å². The van der Waals surface area contributed by atoms with Crippen molar-refractivity contribution in [2.45, 2.75) is 24.7 Å². The monoisotopic (exact) mass is 478 g/mol. The van der Waals surface area contributed by atoms with Crippen LogP contribution >= 0.6 is 23.4 Å². The molecule has 0 radical (unpaired) electrons. The van der Waals surface area contributed by atoms with Crippen LogP contribution < -0.4 is 9.64 Å². The average molecular weight is 479 g/mol. The fraction of sp³-hybridized carbons (Fsp3) is 0.167. The van der Waals surface area contributed by atoms with E-state index < -0.39 is 6.23 Å². The van der Waals surface area contributed by atoms with Gasteiger partial charge in [0.1, 0.15) is 5.76 Å². The quantitative estimate of drug-likeness (QED) is 0.332. The summed E-state index contributed by atoms with van der Waals surface area (Å²) in [6.07, 6.45) is 1.28. The number of carbonyl (C=O) groups is 1. The first kappa shape index (κ1) is 21.5. The van der Waals surface area contributed by atoms with Crippen molar-refractivity contribution in [2.75, 3.05) is 11.2 Å². The first-order chi connectivity index (χ1) is 16.1. The highest BCUT2D eigenvalue weighted by Crippen LogP contribution is 2.44. The molecule has 0 saturated heterocycles. The molecule has 5 rings (SSSR count). The molecular weight excluding hydrogens is 460 g/mol. The molecule has 0 spiro atoms. The summed E-state index contributed by atoms with van der Waals surface area (Å²) in [5.74, 6) is 1.27. The van der Waals surface area contributed by atoms with Gasteiger partial charge in [-0.05, 0) is 48.7 Å². The summed E-state index contributed by atoms with van der Waals surface area (Å²) in [7, 11) is 0. The number of furan rings is 1. The number of hydrogen-bond acceptors (Lipinski definition) is 7. The Morgan fingerprint density at radius 3 is 2.64 bits per heavy atom. The van der Waals surface area contributed by atoms with Crippen molar-refractivity contribution < 1.29 is 13.9 Å². The van der Waals surface area contributed by atoms with Crippen LogP contribution in [0.3, 0.4) is 0 Å². The van der Waals surface area contributed by atoms with Crippen LogP contribution in [0.1, 0.15) is 25.3 Å². The topological polar surface area (TPSA) is 81.4 Å². The lowest BCUT2D eigenvalue weighted by Crippen LogP contribution is -2.37. The summed E-state index contributed by atoms with van der Waals surface area (Å²) in [5.41, 5.74) is 2.71. The molecule has 166 valence electrons. The van der Waals surface area contributed by atoms with Crippen LogP contribution in [-0.4, -0.2) is 27.3 Å². The Kier molecular flexibility index (Phi) is 5.78. The molecule has 1 amide bonds. The SMILES string of the molecule is CCC(=O)N1c2ccccc2-c2nnc(SC)nc2OC1c1ccc(-c2ccc(Cl)cc2)o1. The van der Waals surface area contributed by atoms with E-state index in [1.807, 2.05) is 61.7 Å². The maximum atomic E-state index is 13.2. The van der Waals surface area contributed by atoms with Gasteiger partial charge in [0.15, 0.2) is 11.5 Å². The second-order valence-corrected chi connectivity index (χ2v) is 8.48. The number of hydrogen-bond donors (Lipinski definition) is 0. The Balaban J connectivity index is 1.67. The second kappa shape index (κ2) is 8.88. The third-order valence-corrected chi connectivity index (χ3v) is 6.05. The van der Waals surface area contributed by atoms with Gasteiger partial charge in [-0.25, -0.2) is 0 Å². The molecular formula is C24H19ClN4O3S. The van der Waals surface area contributed by atoms with Gasteiger partial charge >= 0.3 is 0 Å². The highest BCUT2D eigenvalue weighted by molar-refractivity contribution is 7.98. The molecule has 0 N–H and O–H groups in total. The minimum atomic E-state index is -0.868. The third-order valence-electron chi connectivity index (χ3n) is 5.26. The van der Waals surface area contributed by atoms with Crippen molar-refractivity contribution in [3.05, 3.63) is 71.4 Å². The van der Waals surface area contributed by atoms with Crippen molar-refractivity contribution in [1.82, 2.24) is 15.2 Å². The van der Waals surface area contributed by atoms with E-state index in [-0.39, 0.29) is 12.3 Å². The first-order valence-electron chi connectivity index (χ1n) is 10.3. The van der Waals surface area contributed by atoms with Gasteiger partial charge in [0.05, 0.1) is 5.69 Å². The number of benzene rings is 2. The van der Waals surface area contributed by atoms with Gasteiger partial charge in [-0.15, -0.1) is 10.2 Å². The smallest absolute Gasteiger partial charge is 0.247 e. The fourth-order valence-electron chi connectivity index (χ4n) is 3.68. The number of para-hydroxylation sites is 1. The van der Waals surface area contributed by atoms with Crippen LogP contribution in [0, 0.1) is 0 Å². The molecule has 2 aromatic carbocycles. The Bertz CT molecular complexity index is 1330. The largest absolute Gasteiger partial charge is 0.455 e. The molecule has 1 unspecified atom stereocenters. The number of carbonyl (C=O) groups excluding carboxylic acids is 1. The van der Waals surface area contributed by atoms with Crippen molar-refractivity contribution in [3.63, 3.8) is 0 Å². The van der Waals surface area contributed by atoms with Crippen LogP contribution in [0.25, 0.3) is 22.6 Å². The van der Waals surface area contributed by atoms with E-state index in [1.165, 1.54) is 11.8 Å². The van der Waals surface area contributed by atoms with Crippen LogP contribution in [-0.2, 0) is 4.79 Å². The number of anilines is 1. The molecule has 0 bridgehead atoms. The zero-order valence-corrected chi connectivity index (χ0v) is 19.4. The van der Waals surface area contributed by atoms with Gasteiger partial charge in [-0.1, -0.05) is 48.5 Å². The van der Waals surface area contributed by atoms with E-state index in [2.05, 4.69) is 15.2 Å². The zero-order chi connectivity index (χ0) is 22.9. The molecule has 3 heterocycles. The second-order valence-electron chi connectivity index (χ2n) is 7.27. The summed E-state index contributed by atoms with van der Waals surface area (Å²) < 4.78 is 12.5. The maximum absolute atomic E-state index is 13.2. The molecule has 1 atom stereocenters. The van der Waals surface area contributed by atoms with Gasteiger partial charge in [-0.3, -0.25) is 9.69 Å². The van der Waals surface area contributed by atoms with Gasteiger partial charge in [-0.2, -0.15) is 4.98 Å². The molecule has 4 aromatic rings. The lowest BCUT2D eigenvalue weighted by molar-refractivity contribution is -0.120. The number of fused-ring (bicyclic) bond motifs is 3. The molecule has 1 aliphatic rings. The number of ether oxygens (including phenoxy) is 1. The van der Waals surface area contributed by atoms with Gasteiger partial charge in [0.2, 0.25) is 23.2 Å². The Morgan fingerprint density at radius 1 is 1.09 bits per heavy atom. The molecule has 0 aliphatic carbocycles. The van der Waals surface area contributed by atoms with Crippen molar-refractivity contribution in [3.8, 4) is 28.5 Å². The normalized spacial score (nSPS) is 14.8. The van der Waals surface area contributed by atoms with E-state index in [0.717, 1.165) is 5.56 Å². The molecule has 1 aliphatic heterocycles. The van der Waals surface area contributed by atoms with E-state index in [4.69, 9.17) is 20.8 Å². The van der Waals surface area contributed by atoms with Crippen LogP contribution in [0.15, 0.2) is 70.2 Å². The summed E-state index contributed by atoms with van der Waals surface area (Å²) in [6, 6.07) is 18.5. The van der Waals surface area contributed by atoms with E-state index in [9.17, 15) is 4.79 Å². The molecule has 2 aromatic heterocycles. The Labute approximate surface area is 199 Å². The van der Waals surface area contributed by atoms with Crippen molar-refractivity contribution in [1.29, 1.82) is 0 Å². The van der Waals surface area contributed by atoms with E-state index in [1.54, 1.807) is 17.0 Å². The predicted octanol–water partition coefficient (Wildman–Crippen LogP) is 6.01. The maximum Gasteiger partial charge on any atom is 0.247 e. The number of nitrogens with zero attached hydrogens (tertiary/aromatic N) is 4. The Hall–Kier alpha value is -3.36. The number of halogens is 1. The summed E-state index contributed by atoms with van der Waals surface area (Å²) in [6.45, 7) is 1.81. The number of aromatic nitrogens is 3. The highest BCUT2D eigenvalue weighted by Gasteiger charge is 2.37. The molecule has 7 nitrogen and oxygen atoms in total. The molecule has 9 heteroatoms. The molecule has 33 heavy (non-hydrogen) atoms. The van der Waals surface area contributed by atoms with Crippen molar-refractivity contribution >= 4 is 35.0 Å². The number of rotatable bonds is 4. The molecule has 0 fully saturated rings. The van der Waals surface area contributed by atoms with E-state index >= 15 is 0 Å². The lowest BCUT2D eigenvalue weighted by Gasteiger charge is -2.29. The van der Waals surface area contributed by atoms with Crippen LogP contribution in [0.4, 0.5) is 5.69 Å². The predicted molar refractivity (Wildman–Crippen MR) is 127 cm³/mol. The summed E-state index contributed by atoms with van der Waals surface area (Å²) in [4.78, 5) is 19.3. The average Bonchev–Trinajstić information content (AvgIpc) is 3.29. The molecule has 0 saturated carbocycles. The van der Waals surface area contributed by atoms with Gasteiger partial charge < -0.3 is 9.15 Å². The first-order valence-corrected chi connectivity index (χ1v) is 11.9. The van der Waals surface area contributed by atoms with Crippen LogP contribution in [0.2, 0.25) is 5.02 Å². The third kappa shape index (κ3) is 3.96. The minimum Gasteiger partial charge on any atom is -0.455 e. The fourth-order valence-corrected chi connectivity index (χ4v) is 4.10. The number of thioether (sulfide) groups is 1. The standard InChI is InChI=1S/C24H19ClN4O3S/c1-3-20(30)29-17-7-5-4-6-16(17)21-22(26-24(33-2)28-27-21)32-23(29)19-13-12-18(31-19)14-8-10-15(25)11-9-14/h4-13,23H,3H2,1-2H3. The Morgan fingerprint density at radius 2 is 1.88 bits per heavy atom. The lowest BCUT2D eigenvalue weighted by atomic mass is 10.1. The summed E-state index contributed by atoms with van der Waals surface area (Å²) in [5, 5.41) is 9.65. The minimum absolute atomic E-state index is 0.122.